The van der Waals surface area contributed by atoms with Crippen LogP contribution >= 0.6 is 0 Å². The second-order valence-corrected chi connectivity index (χ2v) is 4.76. The zero-order chi connectivity index (χ0) is 12.6. The summed E-state index contributed by atoms with van der Waals surface area (Å²) in [5.41, 5.74) is 0.653. The summed E-state index contributed by atoms with van der Waals surface area (Å²) >= 11 is 0. The molecule has 0 spiro atoms. The van der Waals surface area contributed by atoms with Crippen molar-refractivity contribution in [1.29, 1.82) is 0 Å². The van der Waals surface area contributed by atoms with Crippen LogP contribution in [0.4, 0.5) is 0 Å². The zero-order valence-corrected chi connectivity index (χ0v) is 10.4. The van der Waals surface area contributed by atoms with Crippen LogP contribution in [0.1, 0.15) is 30.6 Å². The monoisotopic (exact) mass is 238 g/mol. The highest BCUT2D eigenvalue weighted by molar-refractivity contribution is 5.52. The van der Waals surface area contributed by atoms with Crippen molar-refractivity contribution >= 4 is 0 Å². The van der Waals surface area contributed by atoms with Gasteiger partial charge in [0.2, 0.25) is 0 Å². The molecule has 4 nitrogen and oxygen atoms in total. The molecule has 4 heteroatoms. The van der Waals surface area contributed by atoms with E-state index < -0.39 is 11.7 Å². The standard InChI is InChI=1S/C13H18O4/c1-13(15)6-8-10(16-2)4-5-11(17-3)12(8)9(14)7-13/h4-5,9,14-15H,6-7H2,1-3H3. The van der Waals surface area contributed by atoms with E-state index in [9.17, 15) is 10.2 Å². The Morgan fingerprint density at radius 3 is 2.41 bits per heavy atom. The minimum atomic E-state index is -0.911. The van der Waals surface area contributed by atoms with E-state index in [1.165, 1.54) is 0 Å². The molecule has 1 aliphatic rings. The Morgan fingerprint density at radius 2 is 1.82 bits per heavy atom. The number of methoxy groups -OCH3 is 2. The molecule has 0 saturated carbocycles. The fourth-order valence-corrected chi connectivity index (χ4v) is 2.51. The average molecular weight is 238 g/mol. The molecule has 2 rings (SSSR count). The molecule has 1 aromatic rings. The van der Waals surface area contributed by atoms with Gasteiger partial charge in [0.15, 0.2) is 0 Å². The number of fused-ring (bicyclic) bond motifs is 1. The Balaban J connectivity index is 2.59. The fraction of sp³-hybridized carbons (Fsp3) is 0.538. The third kappa shape index (κ3) is 2.10. The van der Waals surface area contributed by atoms with E-state index in [-0.39, 0.29) is 0 Å². The second-order valence-electron chi connectivity index (χ2n) is 4.76. The minimum absolute atomic E-state index is 0.309. The normalized spacial score (nSPS) is 27.5. The lowest BCUT2D eigenvalue weighted by molar-refractivity contribution is -0.00896. The third-order valence-electron chi connectivity index (χ3n) is 3.24. The molecule has 0 amide bonds. The maximum absolute atomic E-state index is 10.1. The van der Waals surface area contributed by atoms with Crippen molar-refractivity contribution in [3.63, 3.8) is 0 Å². The van der Waals surface area contributed by atoms with Gasteiger partial charge in [0.1, 0.15) is 11.5 Å². The van der Waals surface area contributed by atoms with Crippen molar-refractivity contribution in [3.05, 3.63) is 23.3 Å². The molecule has 0 aliphatic heterocycles. The number of aliphatic hydroxyl groups is 2. The predicted molar refractivity (Wildman–Crippen MR) is 63.5 cm³/mol. The lowest BCUT2D eigenvalue weighted by Gasteiger charge is -2.34. The van der Waals surface area contributed by atoms with Crippen LogP contribution in [-0.4, -0.2) is 30.0 Å². The number of hydrogen-bond acceptors (Lipinski definition) is 4. The molecule has 0 saturated heterocycles. The summed E-state index contributed by atoms with van der Waals surface area (Å²) in [6.45, 7) is 1.72. The van der Waals surface area contributed by atoms with Gasteiger partial charge in [0.05, 0.1) is 25.9 Å². The van der Waals surface area contributed by atoms with Crippen molar-refractivity contribution in [3.8, 4) is 11.5 Å². The van der Waals surface area contributed by atoms with Crippen LogP contribution in [0.25, 0.3) is 0 Å². The largest absolute Gasteiger partial charge is 0.496 e. The van der Waals surface area contributed by atoms with Crippen molar-refractivity contribution < 1.29 is 19.7 Å². The first-order valence-corrected chi connectivity index (χ1v) is 5.62. The summed E-state index contributed by atoms with van der Waals surface area (Å²) in [6, 6.07) is 3.58. The van der Waals surface area contributed by atoms with E-state index in [0.717, 1.165) is 11.1 Å². The minimum Gasteiger partial charge on any atom is -0.496 e. The van der Waals surface area contributed by atoms with Gasteiger partial charge in [0, 0.05) is 24.0 Å². The van der Waals surface area contributed by atoms with Crippen molar-refractivity contribution in [2.45, 2.75) is 31.5 Å². The van der Waals surface area contributed by atoms with Gasteiger partial charge in [-0.15, -0.1) is 0 Å². The molecule has 0 radical (unpaired) electrons. The predicted octanol–water partition coefficient (Wildman–Crippen LogP) is 1.43. The summed E-state index contributed by atoms with van der Waals surface area (Å²) in [4.78, 5) is 0. The molecule has 1 aliphatic carbocycles. The van der Waals surface area contributed by atoms with E-state index in [4.69, 9.17) is 9.47 Å². The lowest BCUT2D eigenvalue weighted by atomic mass is 9.79. The Morgan fingerprint density at radius 1 is 1.24 bits per heavy atom. The number of rotatable bonds is 2. The van der Waals surface area contributed by atoms with E-state index in [2.05, 4.69) is 0 Å². The molecular formula is C13H18O4. The van der Waals surface area contributed by atoms with Crippen molar-refractivity contribution in [2.24, 2.45) is 0 Å². The molecule has 0 fully saturated rings. The summed E-state index contributed by atoms with van der Waals surface area (Å²) in [7, 11) is 3.15. The molecule has 2 N–H and O–H groups in total. The quantitative estimate of drug-likeness (QED) is 0.818. The van der Waals surface area contributed by atoms with Crippen molar-refractivity contribution in [1.82, 2.24) is 0 Å². The third-order valence-corrected chi connectivity index (χ3v) is 3.24. The van der Waals surface area contributed by atoms with E-state index in [1.54, 1.807) is 33.3 Å². The second kappa shape index (κ2) is 4.20. The SMILES string of the molecule is COc1ccc(OC)c2c1CC(C)(O)CC2O. The zero-order valence-electron chi connectivity index (χ0n) is 10.4. The first-order valence-electron chi connectivity index (χ1n) is 5.62. The summed E-state index contributed by atoms with van der Waals surface area (Å²) in [5, 5.41) is 20.3. The van der Waals surface area contributed by atoms with E-state index >= 15 is 0 Å². The van der Waals surface area contributed by atoms with E-state index in [1.807, 2.05) is 0 Å². The van der Waals surface area contributed by atoms with Gasteiger partial charge in [-0.1, -0.05) is 0 Å². The first-order chi connectivity index (χ1) is 7.98. The van der Waals surface area contributed by atoms with Crippen LogP contribution in [-0.2, 0) is 6.42 Å². The highest BCUT2D eigenvalue weighted by Gasteiger charge is 2.36. The number of hydrogen-bond donors (Lipinski definition) is 2. The Hall–Kier alpha value is -1.26. The molecule has 0 bridgehead atoms. The van der Waals surface area contributed by atoms with Gasteiger partial charge >= 0.3 is 0 Å². The van der Waals surface area contributed by atoms with Crippen LogP contribution in [0.3, 0.4) is 0 Å². The Labute approximate surface area is 101 Å². The molecule has 1 aromatic carbocycles. The summed E-state index contributed by atoms with van der Waals surface area (Å²) in [5.74, 6) is 1.32. The van der Waals surface area contributed by atoms with Gasteiger partial charge in [-0.05, 0) is 19.1 Å². The fourth-order valence-electron chi connectivity index (χ4n) is 2.51. The summed E-state index contributed by atoms with van der Waals surface area (Å²) < 4.78 is 10.5. The lowest BCUT2D eigenvalue weighted by Crippen LogP contribution is -2.34. The smallest absolute Gasteiger partial charge is 0.125 e. The highest BCUT2D eigenvalue weighted by Crippen LogP contribution is 2.44. The van der Waals surface area contributed by atoms with Gasteiger partial charge in [-0.25, -0.2) is 0 Å². The van der Waals surface area contributed by atoms with Crippen LogP contribution in [0.2, 0.25) is 0 Å². The number of ether oxygens (including phenoxy) is 2. The topological polar surface area (TPSA) is 58.9 Å². The molecule has 0 aromatic heterocycles. The summed E-state index contributed by atoms with van der Waals surface area (Å²) in [6.07, 6.45) is 0.0438. The van der Waals surface area contributed by atoms with Gasteiger partial charge in [0.25, 0.3) is 0 Å². The molecule has 2 unspecified atom stereocenters. The first kappa shape index (κ1) is 12.2. The van der Waals surface area contributed by atoms with Gasteiger partial charge < -0.3 is 19.7 Å². The highest BCUT2D eigenvalue weighted by atomic mass is 16.5. The van der Waals surface area contributed by atoms with Gasteiger partial charge in [-0.2, -0.15) is 0 Å². The molecular weight excluding hydrogens is 220 g/mol. The van der Waals surface area contributed by atoms with Crippen LogP contribution in [0, 0.1) is 0 Å². The molecule has 94 valence electrons. The van der Waals surface area contributed by atoms with Gasteiger partial charge in [-0.3, -0.25) is 0 Å². The molecule has 0 heterocycles. The number of aliphatic hydroxyl groups excluding tert-OH is 1. The average Bonchev–Trinajstić information content (AvgIpc) is 2.25. The van der Waals surface area contributed by atoms with Crippen LogP contribution < -0.4 is 9.47 Å². The molecule has 17 heavy (non-hydrogen) atoms. The van der Waals surface area contributed by atoms with Crippen molar-refractivity contribution in [2.75, 3.05) is 14.2 Å². The molecule has 2 atom stereocenters. The van der Waals surface area contributed by atoms with Crippen LogP contribution in [0.15, 0.2) is 12.1 Å². The van der Waals surface area contributed by atoms with Crippen LogP contribution in [0.5, 0.6) is 11.5 Å². The number of benzene rings is 1. The maximum Gasteiger partial charge on any atom is 0.125 e. The maximum atomic E-state index is 10.1. The Kier molecular flexibility index (Phi) is 3.02. The Bertz CT molecular complexity index is 426. The van der Waals surface area contributed by atoms with E-state index in [0.29, 0.717) is 24.3 Å².